The highest BCUT2D eigenvalue weighted by atomic mass is 19.1. The molecule has 1 heterocycles. The third-order valence-electron chi connectivity index (χ3n) is 3.46. The van der Waals surface area contributed by atoms with Gasteiger partial charge in [-0.05, 0) is 44.0 Å². The molecule has 0 saturated heterocycles. The summed E-state index contributed by atoms with van der Waals surface area (Å²) < 4.78 is 14.9. The van der Waals surface area contributed by atoms with E-state index in [0.29, 0.717) is 6.54 Å². The number of nitrogens with zero attached hydrogens (tertiary/aromatic N) is 2. The Morgan fingerprint density at radius 1 is 1.22 bits per heavy atom. The Balaban J connectivity index is 2.45. The molecule has 1 unspecified atom stereocenters. The number of nitrogens with two attached hydrogens (primary N) is 1. The van der Waals surface area contributed by atoms with Gasteiger partial charge < -0.3 is 5.73 Å². The van der Waals surface area contributed by atoms with Crippen LogP contribution in [0.25, 0.3) is 0 Å². The Labute approximate surface area is 106 Å². The van der Waals surface area contributed by atoms with E-state index in [1.165, 1.54) is 17.7 Å². The van der Waals surface area contributed by atoms with Gasteiger partial charge >= 0.3 is 0 Å². The van der Waals surface area contributed by atoms with E-state index >= 15 is 0 Å². The van der Waals surface area contributed by atoms with E-state index in [1.54, 1.807) is 12.1 Å². The van der Waals surface area contributed by atoms with Gasteiger partial charge in [0.1, 0.15) is 5.82 Å². The van der Waals surface area contributed by atoms with Crippen molar-refractivity contribution in [3.8, 4) is 0 Å². The smallest absolute Gasteiger partial charge is 0.123 e. The monoisotopic (exact) mass is 247 g/mol. The lowest BCUT2D eigenvalue weighted by Gasteiger charge is -2.18. The van der Waals surface area contributed by atoms with Crippen molar-refractivity contribution in [2.45, 2.75) is 26.8 Å². The topological polar surface area (TPSA) is 43.8 Å². The van der Waals surface area contributed by atoms with Gasteiger partial charge in [0.2, 0.25) is 0 Å². The van der Waals surface area contributed by atoms with Gasteiger partial charge in [0.25, 0.3) is 0 Å². The lowest BCUT2D eigenvalue weighted by molar-refractivity contribution is 0.515. The first-order chi connectivity index (χ1) is 8.54. The first kappa shape index (κ1) is 12.8. The van der Waals surface area contributed by atoms with Crippen molar-refractivity contribution in [3.63, 3.8) is 0 Å². The molecule has 0 aliphatic carbocycles. The van der Waals surface area contributed by atoms with Crippen LogP contribution in [0.2, 0.25) is 0 Å². The number of rotatable bonds is 3. The van der Waals surface area contributed by atoms with Crippen molar-refractivity contribution in [3.05, 3.63) is 52.6 Å². The summed E-state index contributed by atoms with van der Waals surface area (Å²) in [6.07, 6.45) is 0. The summed E-state index contributed by atoms with van der Waals surface area (Å²) in [5.41, 5.74) is 10.1. The molecule has 2 rings (SSSR count). The first-order valence-corrected chi connectivity index (χ1v) is 6.02. The zero-order valence-corrected chi connectivity index (χ0v) is 10.9. The number of halogens is 1. The van der Waals surface area contributed by atoms with Crippen LogP contribution >= 0.6 is 0 Å². The lowest BCUT2D eigenvalue weighted by atomic mass is 10.1. The SMILES string of the molecule is Cc1nn(C(CN)c2ccc(F)cc2)c(C)c1C. The summed E-state index contributed by atoms with van der Waals surface area (Å²) in [5, 5.41) is 4.52. The van der Waals surface area contributed by atoms with Crippen molar-refractivity contribution in [1.29, 1.82) is 0 Å². The summed E-state index contributed by atoms with van der Waals surface area (Å²) in [4.78, 5) is 0. The molecule has 96 valence electrons. The Bertz CT molecular complexity index is 543. The molecule has 0 aliphatic rings. The standard InChI is InChI=1S/C14H18FN3/c1-9-10(2)17-18(11(9)3)14(8-16)12-4-6-13(15)7-5-12/h4-7,14H,8,16H2,1-3H3. The number of hydrogen-bond donors (Lipinski definition) is 1. The Hall–Kier alpha value is -1.68. The molecule has 0 aliphatic heterocycles. The maximum Gasteiger partial charge on any atom is 0.123 e. The predicted octanol–water partition coefficient (Wildman–Crippen LogP) is 2.50. The quantitative estimate of drug-likeness (QED) is 0.905. The summed E-state index contributed by atoms with van der Waals surface area (Å²) in [6.45, 7) is 6.50. The molecule has 2 aromatic rings. The van der Waals surface area contributed by atoms with E-state index < -0.39 is 0 Å². The van der Waals surface area contributed by atoms with E-state index in [9.17, 15) is 4.39 Å². The normalized spacial score (nSPS) is 12.7. The molecule has 0 saturated carbocycles. The minimum atomic E-state index is -0.237. The summed E-state index contributed by atoms with van der Waals surface area (Å²) in [7, 11) is 0. The zero-order valence-electron chi connectivity index (χ0n) is 10.9. The van der Waals surface area contributed by atoms with Gasteiger partial charge in [-0.1, -0.05) is 12.1 Å². The third kappa shape index (κ3) is 2.16. The Morgan fingerprint density at radius 3 is 2.28 bits per heavy atom. The van der Waals surface area contributed by atoms with Crippen LogP contribution in [-0.2, 0) is 0 Å². The lowest BCUT2D eigenvalue weighted by Crippen LogP contribution is -2.22. The van der Waals surface area contributed by atoms with Crippen LogP contribution in [0.15, 0.2) is 24.3 Å². The Kier molecular flexibility index (Phi) is 3.48. The maximum absolute atomic E-state index is 13.0. The molecule has 0 bridgehead atoms. The largest absolute Gasteiger partial charge is 0.328 e. The van der Waals surface area contributed by atoms with Crippen LogP contribution in [0.3, 0.4) is 0 Å². The van der Waals surface area contributed by atoms with Crippen LogP contribution < -0.4 is 5.73 Å². The van der Waals surface area contributed by atoms with Crippen molar-refractivity contribution in [1.82, 2.24) is 9.78 Å². The number of aromatic nitrogens is 2. The summed E-state index contributed by atoms with van der Waals surface area (Å²) in [5.74, 6) is -0.237. The van der Waals surface area contributed by atoms with Gasteiger partial charge in [0.05, 0.1) is 11.7 Å². The van der Waals surface area contributed by atoms with Crippen molar-refractivity contribution in [2.75, 3.05) is 6.54 Å². The van der Waals surface area contributed by atoms with Crippen LogP contribution in [0, 0.1) is 26.6 Å². The van der Waals surface area contributed by atoms with Gasteiger partial charge in [-0.2, -0.15) is 5.10 Å². The number of hydrogen-bond acceptors (Lipinski definition) is 2. The van der Waals surface area contributed by atoms with E-state index in [0.717, 1.165) is 17.0 Å². The molecule has 3 nitrogen and oxygen atoms in total. The second-order valence-corrected chi connectivity index (χ2v) is 4.54. The fourth-order valence-electron chi connectivity index (χ4n) is 2.11. The van der Waals surface area contributed by atoms with Crippen molar-refractivity contribution < 1.29 is 4.39 Å². The zero-order chi connectivity index (χ0) is 13.3. The fraction of sp³-hybridized carbons (Fsp3) is 0.357. The highest BCUT2D eigenvalue weighted by Crippen LogP contribution is 2.22. The molecule has 0 spiro atoms. The fourth-order valence-corrected chi connectivity index (χ4v) is 2.11. The molecule has 1 atom stereocenters. The second kappa shape index (κ2) is 4.90. The van der Waals surface area contributed by atoms with Gasteiger partial charge in [0, 0.05) is 12.2 Å². The van der Waals surface area contributed by atoms with E-state index in [4.69, 9.17) is 5.73 Å². The maximum atomic E-state index is 13.0. The second-order valence-electron chi connectivity index (χ2n) is 4.54. The third-order valence-corrected chi connectivity index (χ3v) is 3.46. The van der Waals surface area contributed by atoms with Gasteiger partial charge in [-0.25, -0.2) is 4.39 Å². The number of benzene rings is 1. The average molecular weight is 247 g/mol. The average Bonchev–Trinajstić information content (AvgIpc) is 2.61. The molecule has 18 heavy (non-hydrogen) atoms. The molecule has 1 aromatic carbocycles. The molecular weight excluding hydrogens is 229 g/mol. The molecule has 0 radical (unpaired) electrons. The van der Waals surface area contributed by atoms with Crippen LogP contribution in [0.5, 0.6) is 0 Å². The molecule has 2 N–H and O–H groups in total. The van der Waals surface area contributed by atoms with E-state index in [2.05, 4.69) is 5.10 Å². The minimum absolute atomic E-state index is 0.0435. The van der Waals surface area contributed by atoms with Gasteiger partial charge in [0.15, 0.2) is 0 Å². The Morgan fingerprint density at radius 2 is 1.83 bits per heavy atom. The van der Waals surface area contributed by atoms with Crippen LogP contribution in [0.1, 0.15) is 28.6 Å². The van der Waals surface area contributed by atoms with E-state index in [1.807, 2.05) is 25.5 Å². The summed E-state index contributed by atoms with van der Waals surface area (Å²) in [6, 6.07) is 6.39. The summed E-state index contributed by atoms with van der Waals surface area (Å²) >= 11 is 0. The van der Waals surface area contributed by atoms with Crippen molar-refractivity contribution >= 4 is 0 Å². The molecule has 4 heteroatoms. The number of aryl methyl sites for hydroxylation is 1. The van der Waals surface area contributed by atoms with Gasteiger partial charge in [-0.15, -0.1) is 0 Å². The molecule has 0 amide bonds. The van der Waals surface area contributed by atoms with Crippen LogP contribution in [-0.4, -0.2) is 16.3 Å². The first-order valence-electron chi connectivity index (χ1n) is 6.02. The molecule has 1 aromatic heterocycles. The highest BCUT2D eigenvalue weighted by molar-refractivity contribution is 5.27. The minimum Gasteiger partial charge on any atom is -0.328 e. The van der Waals surface area contributed by atoms with E-state index in [-0.39, 0.29) is 11.9 Å². The predicted molar refractivity (Wildman–Crippen MR) is 70.0 cm³/mol. The van der Waals surface area contributed by atoms with Crippen molar-refractivity contribution in [2.24, 2.45) is 5.73 Å². The molecule has 0 fully saturated rings. The molecular formula is C14H18FN3. The van der Waals surface area contributed by atoms with Gasteiger partial charge in [-0.3, -0.25) is 4.68 Å². The highest BCUT2D eigenvalue weighted by Gasteiger charge is 2.17. The van der Waals surface area contributed by atoms with Crippen LogP contribution in [0.4, 0.5) is 4.39 Å².